The second-order valence-electron chi connectivity index (χ2n) is 7.05. The van der Waals surface area contributed by atoms with E-state index in [0.717, 1.165) is 0 Å². The minimum absolute atomic E-state index is 0.0470. The maximum Gasteiger partial charge on any atom is 0.262 e. The molecule has 0 atom stereocenters. The summed E-state index contributed by atoms with van der Waals surface area (Å²) >= 11 is 0. The molecule has 0 aliphatic rings. The molecule has 10 heteroatoms. The highest BCUT2D eigenvalue weighted by atomic mass is 32.2. The van der Waals surface area contributed by atoms with E-state index < -0.39 is 10.0 Å². The van der Waals surface area contributed by atoms with E-state index in [9.17, 15) is 13.5 Å². The summed E-state index contributed by atoms with van der Waals surface area (Å²) in [6.45, 7) is 0. The average Bonchev–Trinajstić information content (AvgIpc) is 2.83. The fourth-order valence-corrected chi connectivity index (χ4v) is 4.41. The summed E-state index contributed by atoms with van der Waals surface area (Å²) in [5.41, 5.74) is 7.05. The van der Waals surface area contributed by atoms with Gasteiger partial charge in [0.05, 0.1) is 33.3 Å². The predicted molar refractivity (Wildman–Crippen MR) is 131 cm³/mol. The molecule has 3 aromatic carbocycles. The molecule has 4 N–H and O–H groups in total. The molecule has 0 unspecified atom stereocenters. The number of nitrogen functional groups attached to an aromatic ring is 1. The lowest BCUT2D eigenvalue weighted by Gasteiger charge is -2.15. The van der Waals surface area contributed by atoms with Crippen molar-refractivity contribution in [2.24, 2.45) is 0 Å². The van der Waals surface area contributed by atoms with Crippen molar-refractivity contribution in [3.8, 4) is 28.7 Å². The van der Waals surface area contributed by atoms with Crippen LogP contribution >= 0.6 is 0 Å². The molecule has 0 heterocycles. The summed E-state index contributed by atoms with van der Waals surface area (Å²) in [6, 6.07) is 12.4. The van der Waals surface area contributed by atoms with Crippen molar-refractivity contribution >= 4 is 33.6 Å². The Morgan fingerprint density at radius 2 is 1.50 bits per heavy atom. The van der Waals surface area contributed by atoms with Crippen molar-refractivity contribution in [2.75, 3.05) is 38.9 Å². The Labute approximate surface area is 198 Å². The van der Waals surface area contributed by atoms with Gasteiger partial charge >= 0.3 is 0 Å². The maximum atomic E-state index is 13.0. The van der Waals surface area contributed by atoms with Gasteiger partial charge in [0.2, 0.25) is 5.75 Å². The van der Waals surface area contributed by atoms with Crippen LogP contribution in [0.5, 0.6) is 28.7 Å². The highest BCUT2D eigenvalue weighted by molar-refractivity contribution is 7.92. The van der Waals surface area contributed by atoms with Crippen LogP contribution in [-0.4, -0.2) is 42.0 Å². The van der Waals surface area contributed by atoms with E-state index in [1.807, 2.05) is 0 Å². The van der Waals surface area contributed by atoms with Crippen LogP contribution in [0.1, 0.15) is 11.1 Å². The zero-order valence-electron chi connectivity index (χ0n) is 19.2. The molecule has 0 radical (unpaired) electrons. The van der Waals surface area contributed by atoms with E-state index in [0.29, 0.717) is 34.1 Å². The third-order valence-corrected chi connectivity index (χ3v) is 6.29. The van der Waals surface area contributed by atoms with Crippen LogP contribution in [0.25, 0.3) is 12.2 Å². The molecule has 9 nitrogen and oxygen atoms in total. The summed E-state index contributed by atoms with van der Waals surface area (Å²) in [5.74, 6) is 1.11. The third kappa shape index (κ3) is 5.12. The van der Waals surface area contributed by atoms with Gasteiger partial charge in [0.15, 0.2) is 23.0 Å². The monoisotopic (exact) mass is 486 g/mol. The van der Waals surface area contributed by atoms with Crippen LogP contribution in [0.2, 0.25) is 0 Å². The summed E-state index contributed by atoms with van der Waals surface area (Å²) < 4.78 is 49.6. The Balaban J connectivity index is 2.07. The molecule has 0 spiro atoms. The molecule has 3 rings (SSSR count). The van der Waals surface area contributed by atoms with Crippen molar-refractivity contribution in [2.45, 2.75) is 4.90 Å². The third-order valence-electron chi connectivity index (χ3n) is 4.94. The van der Waals surface area contributed by atoms with Crippen LogP contribution in [0, 0.1) is 0 Å². The first-order valence-corrected chi connectivity index (χ1v) is 11.5. The molecule has 180 valence electrons. The number of aromatic hydroxyl groups is 1. The minimum Gasteiger partial charge on any atom is -0.503 e. The van der Waals surface area contributed by atoms with Gasteiger partial charge in [-0.2, -0.15) is 0 Å². The van der Waals surface area contributed by atoms with E-state index in [2.05, 4.69) is 4.72 Å². The number of sulfonamides is 1. The van der Waals surface area contributed by atoms with E-state index >= 15 is 0 Å². The van der Waals surface area contributed by atoms with E-state index in [1.54, 1.807) is 36.4 Å². The molecule has 0 aliphatic carbocycles. The van der Waals surface area contributed by atoms with Gasteiger partial charge in [-0.15, -0.1) is 0 Å². The van der Waals surface area contributed by atoms with Crippen LogP contribution in [0.3, 0.4) is 0 Å². The number of ether oxygens (including phenoxy) is 4. The van der Waals surface area contributed by atoms with Gasteiger partial charge < -0.3 is 29.8 Å². The normalized spacial score (nSPS) is 11.3. The van der Waals surface area contributed by atoms with Crippen LogP contribution in [-0.2, 0) is 10.0 Å². The van der Waals surface area contributed by atoms with Gasteiger partial charge in [0.1, 0.15) is 5.69 Å². The second-order valence-corrected chi connectivity index (χ2v) is 8.73. The lowest BCUT2D eigenvalue weighted by Crippen LogP contribution is -2.14. The number of benzene rings is 3. The molecular weight excluding hydrogens is 460 g/mol. The number of phenols is 1. The standard InChI is InChI=1S/C24H26N2O7S/c1-30-19-11-10-16(9-8-15-12-20(31-2)24(33-4)21(13-15)32-3)22(23(19)27)26-34(28,29)18-7-5-6-17(25)14-18/h5-14,26-27H,25H2,1-4H3/b9-8-. The Bertz CT molecular complexity index is 1300. The second kappa shape index (κ2) is 10.3. The first kappa shape index (κ1) is 24.6. The molecular formula is C24H26N2O7S. The molecule has 0 bridgehead atoms. The Morgan fingerprint density at radius 3 is 2.06 bits per heavy atom. The van der Waals surface area contributed by atoms with Crippen molar-refractivity contribution in [1.29, 1.82) is 0 Å². The van der Waals surface area contributed by atoms with Gasteiger partial charge in [0.25, 0.3) is 10.0 Å². The van der Waals surface area contributed by atoms with Gasteiger partial charge in [-0.05, 0) is 48.0 Å². The number of rotatable bonds is 9. The van der Waals surface area contributed by atoms with Crippen molar-refractivity contribution in [3.63, 3.8) is 0 Å². The van der Waals surface area contributed by atoms with Crippen molar-refractivity contribution < 1.29 is 32.5 Å². The van der Waals surface area contributed by atoms with Crippen molar-refractivity contribution in [1.82, 2.24) is 0 Å². The zero-order valence-corrected chi connectivity index (χ0v) is 20.0. The summed E-state index contributed by atoms with van der Waals surface area (Å²) in [7, 11) is 1.84. The Hall–Kier alpha value is -4.05. The first-order chi connectivity index (χ1) is 16.2. The molecule has 0 saturated carbocycles. The topological polar surface area (TPSA) is 129 Å². The highest BCUT2D eigenvalue weighted by Crippen LogP contribution is 2.41. The van der Waals surface area contributed by atoms with Gasteiger partial charge in [-0.25, -0.2) is 8.42 Å². The fourth-order valence-electron chi connectivity index (χ4n) is 3.26. The lowest BCUT2D eigenvalue weighted by molar-refractivity contribution is 0.324. The van der Waals surface area contributed by atoms with Gasteiger partial charge in [-0.3, -0.25) is 4.72 Å². The van der Waals surface area contributed by atoms with Crippen LogP contribution in [0.15, 0.2) is 53.4 Å². The smallest absolute Gasteiger partial charge is 0.262 e. The van der Waals surface area contributed by atoms with E-state index in [-0.39, 0.29) is 22.1 Å². The molecule has 0 amide bonds. The summed E-state index contributed by atoms with van der Waals surface area (Å²) in [4.78, 5) is -0.0470. The Morgan fingerprint density at radius 1 is 0.853 bits per heavy atom. The Kier molecular flexibility index (Phi) is 7.42. The molecule has 0 saturated heterocycles. The summed E-state index contributed by atoms with van der Waals surface area (Å²) in [6.07, 6.45) is 3.35. The van der Waals surface area contributed by atoms with E-state index in [1.165, 1.54) is 52.7 Å². The molecule has 0 aliphatic heterocycles. The number of nitrogens with one attached hydrogen (secondary N) is 1. The average molecular weight is 487 g/mol. The highest BCUT2D eigenvalue weighted by Gasteiger charge is 2.21. The van der Waals surface area contributed by atoms with Crippen molar-refractivity contribution in [3.05, 3.63) is 59.7 Å². The molecule has 0 aromatic heterocycles. The number of hydrogen-bond donors (Lipinski definition) is 3. The van der Waals surface area contributed by atoms with Crippen LogP contribution in [0.4, 0.5) is 11.4 Å². The predicted octanol–water partition coefficient (Wildman–Crippen LogP) is 3.98. The zero-order chi connectivity index (χ0) is 24.9. The first-order valence-electron chi connectivity index (χ1n) is 10.0. The largest absolute Gasteiger partial charge is 0.503 e. The van der Waals surface area contributed by atoms with Crippen LogP contribution < -0.4 is 29.4 Å². The number of methoxy groups -OCH3 is 4. The lowest BCUT2D eigenvalue weighted by atomic mass is 10.1. The number of hydrogen-bond acceptors (Lipinski definition) is 8. The summed E-state index contributed by atoms with van der Waals surface area (Å²) in [5, 5.41) is 10.7. The molecule has 34 heavy (non-hydrogen) atoms. The number of nitrogens with two attached hydrogens (primary N) is 1. The van der Waals surface area contributed by atoms with Gasteiger partial charge in [0, 0.05) is 11.3 Å². The van der Waals surface area contributed by atoms with Gasteiger partial charge in [-0.1, -0.05) is 18.2 Å². The maximum absolute atomic E-state index is 13.0. The molecule has 3 aromatic rings. The number of anilines is 2. The quantitative estimate of drug-likeness (QED) is 0.235. The molecule has 0 fully saturated rings. The fraction of sp³-hybridized carbons (Fsp3) is 0.167. The number of phenolic OH excluding ortho intramolecular Hbond substituents is 1. The van der Waals surface area contributed by atoms with E-state index in [4.69, 9.17) is 24.7 Å². The minimum atomic E-state index is -4.06. The SMILES string of the molecule is COc1ccc(/C=C\c2cc(OC)c(OC)c(OC)c2)c(NS(=O)(=O)c2cccc(N)c2)c1O.